The predicted molar refractivity (Wildman–Crippen MR) is 76.9 cm³/mol. The Morgan fingerprint density at radius 2 is 1.79 bits per heavy atom. The number of phenolic OH excluding ortho intramolecular Hbond substituents is 1. The number of hydrogen-bond acceptors (Lipinski definition) is 3. The summed E-state index contributed by atoms with van der Waals surface area (Å²) in [5.74, 6) is 1.59. The van der Waals surface area contributed by atoms with Crippen molar-refractivity contribution in [2.45, 2.75) is 19.4 Å². The van der Waals surface area contributed by atoms with E-state index < -0.39 is 0 Å². The van der Waals surface area contributed by atoms with E-state index in [-0.39, 0.29) is 5.60 Å². The SMILES string of the molecule is COC1=CC(C)C(C)(OC)C=C1.Oc1ccccc1. The van der Waals surface area contributed by atoms with Gasteiger partial charge in [0.1, 0.15) is 11.5 Å². The Morgan fingerprint density at radius 1 is 1.16 bits per heavy atom. The molecule has 0 saturated heterocycles. The summed E-state index contributed by atoms with van der Waals surface area (Å²) < 4.78 is 10.5. The Hall–Kier alpha value is -1.74. The van der Waals surface area contributed by atoms with Crippen molar-refractivity contribution in [3.8, 4) is 5.75 Å². The fraction of sp³-hybridized carbons (Fsp3) is 0.375. The lowest BCUT2D eigenvalue weighted by molar-refractivity contribution is 0.0159. The van der Waals surface area contributed by atoms with Crippen LogP contribution in [0.1, 0.15) is 13.8 Å². The average Bonchev–Trinajstić information content (AvgIpc) is 2.43. The highest BCUT2D eigenvalue weighted by Gasteiger charge is 2.29. The third kappa shape index (κ3) is 4.45. The molecule has 0 bridgehead atoms. The number of methoxy groups -OCH3 is 2. The second-order valence-electron chi connectivity index (χ2n) is 4.62. The number of ether oxygens (including phenoxy) is 2. The molecule has 0 heterocycles. The molecule has 104 valence electrons. The van der Waals surface area contributed by atoms with Crippen molar-refractivity contribution in [1.29, 1.82) is 0 Å². The molecule has 1 aromatic rings. The lowest BCUT2D eigenvalue weighted by Crippen LogP contribution is -2.33. The quantitative estimate of drug-likeness (QED) is 0.886. The van der Waals surface area contributed by atoms with Crippen LogP contribution < -0.4 is 0 Å². The summed E-state index contributed by atoms with van der Waals surface area (Å²) in [6, 6.07) is 8.71. The molecule has 1 aliphatic rings. The van der Waals surface area contributed by atoms with Gasteiger partial charge in [-0.2, -0.15) is 0 Å². The van der Waals surface area contributed by atoms with Gasteiger partial charge in [0.15, 0.2) is 0 Å². The van der Waals surface area contributed by atoms with Gasteiger partial charge in [0, 0.05) is 13.0 Å². The van der Waals surface area contributed by atoms with Crippen LogP contribution >= 0.6 is 0 Å². The van der Waals surface area contributed by atoms with Gasteiger partial charge >= 0.3 is 0 Å². The normalized spacial score (nSPS) is 25.1. The van der Waals surface area contributed by atoms with Gasteiger partial charge in [0.25, 0.3) is 0 Å². The smallest absolute Gasteiger partial charge is 0.115 e. The lowest BCUT2D eigenvalue weighted by Gasteiger charge is -2.32. The number of rotatable bonds is 2. The molecule has 0 amide bonds. The number of aromatic hydroxyl groups is 1. The van der Waals surface area contributed by atoms with E-state index >= 15 is 0 Å². The van der Waals surface area contributed by atoms with Crippen molar-refractivity contribution >= 4 is 0 Å². The zero-order chi connectivity index (χ0) is 14.3. The minimum absolute atomic E-state index is 0.179. The summed E-state index contributed by atoms with van der Waals surface area (Å²) in [5, 5.41) is 8.63. The average molecular weight is 262 g/mol. The van der Waals surface area contributed by atoms with Gasteiger partial charge in [0.05, 0.1) is 12.7 Å². The van der Waals surface area contributed by atoms with E-state index in [1.165, 1.54) is 0 Å². The Kier molecular flexibility index (Phi) is 5.64. The lowest BCUT2D eigenvalue weighted by atomic mass is 9.86. The van der Waals surface area contributed by atoms with E-state index in [1.54, 1.807) is 38.5 Å². The molecular formula is C16H22O3. The summed E-state index contributed by atoms with van der Waals surface area (Å²) in [6.07, 6.45) is 6.06. The molecule has 0 aromatic heterocycles. The van der Waals surface area contributed by atoms with Crippen LogP contribution in [0.15, 0.2) is 54.3 Å². The van der Waals surface area contributed by atoms with Crippen molar-refractivity contribution in [1.82, 2.24) is 0 Å². The molecule has 2 unspecified atom stereocenters. The van der Waals surface area contributed by atoms with E-state index in [4.69, 9.17) is 14.6 Å². The van der Waals surface area contributed by atoms with Gasteiger partial charge in [-0.1, -0.05) is 25.1 Å². The van der Waals surface area contributed by atoms with E-state index in [2.05, 4.69) is 19.9 Å². The molecule has 1 aromatic carbocycles. The first kappa shape index (κ1) is 15.3. The summed E-state index contributed by atoms with van der Waals surface area (Å²) in [7, 11) is 3.41. The molecule has 0 fully saturated rings. The molecular weight excluding hydrogens is 240 g/mol. The highest BCUT2D eigenvalue weighted by atomic mass is 16.5. The van der Waals surface area contributed by atoms with Gasteiger partial charge in [-0.05, 0) is 37.3 Å². The Balaban J connectivity index is 0.000000218. The fourth-order valence-corrected chi connectivity index (χ4v) is 1.68. The largest absolute Gasteiger partial charge is 0.508 e. The minimum Gasteiger partial charge on any atom is -0.508 e. The summed E-state index contributed by atoms with van der Waals surface area (Å²) in [4.78, 5) is 0. The Labute approximate surface area is 115 Å². The first-order valence-electron chi connectivity index (χ1n) is 6.26. The van der Waals surface area contributed by atoms with Crippen LogP contribution in [0, 0.1) is 5.92 Å². The van der Waals surface area contributed by atoms with E-state index in [1.807, 2.05) is 18.2 Å². The second kappa shape index (κ2) is 7.00. The number of benzene rings is 1. The first-order chi connectivity index (χ1) is 9.01. The van der Waals surface area contributed by atoms with Gasteiger partial charge in [-0.25, -0.2) is 0 Å². The summed E-state index contributed by atoms with van der Waals surface area (Å²) in [6.45, 7) is 4.18. The number of hydrogen-bond donors (Lipinski definition) is 1. The molecule has 19 heavy (non-hydrogen) atoms. The summed E-state index contributed by atoms with van der Waals surface area (Å²) in [5.41, 5.74) is -0.179. The van der Waals surface area contributed by atoms with Crippen LogP contribution in [0.2, 0.25) is 0 Å². The third-order valence-corrected chi connectivity index (χ3v) is 3.33. The van der Waals surface area contributed by atoms with E-state index in [0.717, 1.165) is 5.76 Å². The highest BCUT2D eigenvalue weighted by molar-refractivity contribution is 5.25. The molecule has 1 aliphatic carbocycles. The monoisotopic (exact) mass is 262 g/mol. The Morgan fingerprint density at radius 3 is 2.16 bits per heavy atom. The van der Waals surface area contributed by atoms with E-state index in [0.29, 0.717) is 11.7 Å². The van der Waals surface area contributed by atoms with Crippen molar-refractivity contribution in [3.05, 3.63) is 54.3 Å². The maximum Gasteiger partial charge on any atom is 0.115 e. The number of phenols is 1. The Bertz CT molecular complexity index is 437. The maximum atomic E-state index is 8.63. The second-order valence-corrected chi connectivity index (χ2v) is 4.62. The third-order valence-electron chi connectivity index (χ3n) is 3.33. The van der Waals surface area contributed by atoms with Crippen LogP contribution in [0.3, 0.4) is 0 Å². The van der Waals surface area contributed by atoms with Crippen molar-refractivity contribution in [2.24, 2.45) is 5.92 Å². The van der Waals surface area contributed by atoms with Gasteiger partial charge in [0.2, 0.25) is 0 Å². The van der Waals surface area contributed by atoms with Gasteiger partial charge in [-0.3, -0.25) is 0 Å². The fourth-order valence-electron chi connectivity index (χ4n) is 1.68. The molecule has 2 rings (SSSR count). The molecule has 2 atom stereocenters. The van der Waals surface area contributed by atoms with Gasteiger partial charge in [-0.15, -0.1) is 0 Å². The molecule has 3 heteroatoms. The summed E-state index contributed by atoms with van der Waals surface area (Å²) >= 11 is 0. The molecule has 0 saturated carbocycles. The number of para-hydroxylation sites is 1. The van der Waals surface area contributed by atoms with Crippen LogP contribution in [-0.4, -0.2) is 24.9 Å². The predicted octanol–water partition coefficient (Wildman–Crippen LogP) is 3.52. The number of allylic oxidation sites excluding steroid dienone is 1. The molecule has 0 aliphatic heterocycles. The highest BCUT2D eigenvalue weighted by Crippen LogP contribution is 2.29. The zero-order valence-corrected chi connectivity index (χ0v) is 12.0. The maximum absolute atomic E-state index is 8.63. The van der Waals surface area contributed by atoms with Crippen LogP contribution in [0.4, 0.5) is 0 Å². The van der Waals surface area contributed by atoms with Gasteiger partial charge < -0.3 is 14.6 Å². The molecule has 0 radical (unpaired) electrons. The first-order valence-corrected chi connectivity index (χ1v) is 6.26. The minimum atomic E-state index is -0.179. The van der Waals surface area contributed by atoms with E-state index in [9.17, 15) is 0 Å². The molecule has 1 N–H and O–H groups in total. The van der Waals surface area contributed by atoms with Crippen molar-refractivity contribution < 1.29 is 14.6 Å². The molecule has 3 nitrogen and oxygen atoms in total. The van der Waals surface area contributed by atoms with Crippen LogP contribution in [-0.2, 0) is 9.47 Å². The van der Waals surface area contributed by atoms with Crippen LogP contribution in [0.5, 0.6) is 5.75 Å². The zero-order valence-electron chi connectivity index (χ0n) is 12.0. The van der Waals surface area contributed by atoms with Crippen molar-refractivity contribution in [3.63, 3.8) is 0 Å². The van der Waals surface area contributed by atoms with Crippen LogP contribution in [0.25, 0.3) is 0 Å². The van der Waals surface area contributed by atoms with Crippen molar-refractivity contribution in [2.75, 3.05) is 14.2 Å². The molecule has 0 spiro atoms. The standard InChI is InChI=1S/C10H16O2.C6H6O/c1-8-7-9(11-3)5-6-10(8,2)12-4;7-6-4-2-1-3-5-6/h5-8H,1-4H3;1-5,7H. The topological polar surface area (TPSA) is 38.7 Å².